The summed E-state index contributed by atoms with van der Waals surface area (Å²) in [6.07, 6.45) is 0.825. The van der Waals surface area contributed by atoms with Gasteiger partial charge in [0.2, 0.25) is 0 Å². The maximum Gasteiger partial charge on any atom is 0.262 e. The van der Waals surface area contributed by atoms with Gasteiger partial charge in [0.15, 0.2) is 0 Å². The van der Waals surface area contributed by atoms with Crippen molar-refractivity contribution in [1.82, 2.24) is 0 Å². The van der Waals surface area contributed by atoms with Crippen LogP contribution in [0.15, 0.2) is 47.4 Å². The van der Waals surface area contributed by atoms with Crippen LogP contribution in [0.25, 0.3) is 0 Å². The Morgan fingerprint density at radius 3 is 2.38 bits per heavy atom. The molecular formula is C15H16FNO3S. The van der Waals surface area contributed by atoms with Crippen LogP contribution < -0.4 is 9.46 Å². The first-order valence-corrected chi connectivity index (χ1v) is 7.90. The largest absolute Gasteiger partial charge is 0.495 e. The van der Waals surface area contributed by atoms with Crippen molar-refractivity contribution in [2.45, 2.75) is 18.2 Å². The van der Waals surface area contributed by atoms with Crippen LogP contribution in [0.4, 0.5) is 10.1 Å². The molecule has 21 heavy (non-hydrogen) atoms. The summed E-state index contributed by atoms with van der Waals surface area (Å²) < 4.78 is 45.2. The van der Waals surface area contributed by atoms with E-state index in [9.17, 15) is 12.8 Å². The number of sulfonamides is 1. The predicted octanol–water partition coefficient (Wildman–Crippen LogP) is 3.20. The number of nitrogens with one attached hydrogen (secondary N) is 1. The summed E-state index contributed by atoms with van der Waals surface area (Å²) in [5.41, 5.74) is 1.11. The van der Waals surface area contributed by atoms with Gasteiger partial charge in [-0.2, -0.15) is 0 Å². The minimum atomic E-state index is -3.78. The highest BCUT2D eigenvalue weighted by Crippen LogP contribution is 2.27. The lowest BCUT2D eigenvalue weighted by molar-refractivity contribution is 0.416. The van der Waals surface area contributed by atoms with Gasteiger partial charge in [0.1, 0.15) is 11.6 Å². The Hall–Kier alpha value is -2.08. The average molecular weight is 309 g/mol. The second-order valence-corrected chi connectivity index (χ2v) is 6.13. The van der Waals surface area contributed by atoms with E-state index in [1.54, 1.807) is 12.1 Å². The van der Waals surface area contributed by atoms with Crippen LogP contribution in [0.2, 0.25) is 0 Å². The smallest absolute Gasteiger partial charge is 0.262 e. The highest BCUT2D eigenvalue weighted by atomic mass is 32.2. The Balaban J connectivity index is 2.34. The Morgan fingerprint density at radius 2 is 1.81 bits per heavy atom. The van der Waals surface area contributed by atoms with Crippen LogP contribution in [0.1, 0.15) is 12.5 Å². The fourth-order valence-corrected chi connectivity index (χ4v) is 2.93. The molecule has 0 saturated heterocycles. The Labute approximate surface area is 123 Å². The van der Waals surface area contributed by atoms with E-state index >= 15 is 0 Å². The third-order valence-electron chi connectivity index (χ3n) is 3.05. The zero-order valence-corrected chi connectivity index (χ0v) is 12.6. The number of hydrogen-bond donors (Lipinski definition) is 1. The molecule has 4 nitrogen and oxygen atoms in total. The molecular weight excluding hydrogens is 293 g/mol. The van der Waals surface area contributed by atoms with Crippen molar-refractivity contribution in [1.29, 1.82) is 0 Å². The summed E-state index contributed by atoms with van der Waals surface area (Å²) in [5, 5.41) is 0. The molecule has 0 aliphatic rings. The van der Waals surface area contributed by atoms with Gasteiger partial charge in [-0.25, -0.2) is 12.8 Å². The Bertz CT molecular complexity index is 727. The van der Waals surface area contributed by atoms with E-state index in [4.69, 9.17) is 4.74 Å². The average Bonchev–Trinajstić information content (AvgIpc) is 2.47. The zero-order valence-electron chi connectivity index (χ0n) is 11.8. The molecule has 0 radical (unpaired) electrons. The molecule has 0 fully saturated rings. The number of benzene rings is 2. The number of aryl methyl sites for hydroxylation is 1. The van der Waals surface area contributed by atoms with Gasteiger partial charge in [0.05, 0.1) is 17.7 Å². The fraction of sp³-hybridized carbons (Fsp3) is 0.200. The van der Waals surface area contributed by atoms with Crippen molar-refractivity contribution >= 4 is 15.7 Å². The van der Waals surface area contributed by atoms with Crippen molar-refractivity contribution in [2.75, 3.05) is 11.8 Å². The van der Waals surface area contributed by atoms with Crippen molar-refractivity contribution in [3.63, 3.8) is 0 Å². The van der Waals surface area contributed by atoms with Gasteiger partial charge >= 0.3 is 0 Å². The maximum atomic E-state index is 13.3. The van der Waals surface area contributed by atoms with Crippen molar-refractivity contribution in [3.8, 4) is 5.75 Å². The van der Waals surface area contributed by atoms with Crippen LogP contribution in [0.5, 0.6) is 5.75 Å². The molecule has 6 heteroatoms. The maximum absolute atomic E-state index is 13.3. The van der Waals surface area contributed by atoms with Crippen molar-refractivity contribution < 1.29 is 17.5 Å². The molecule has 0 bridgehead atoms. The SMILES string of the molecule is CCc1ccc(S(=O)(=O)Nc2cc(F)ccc2OC)cc1. The first-order chi connectivity index (χ1) is 9.96. The number of rotatable bonds is 5. The molecule has 0 heterocycles. The van der Waals surface area contributed by atoms with E-state index in [1.165, 1.54) is 31.4 Å². The van der Waals surface area contributed by atoms with E-state index in [0.29, 0.717) is 0 Å². The third kappa shape index (κ3) is 3.52. The molecule has 0 atom stereocenters. The lowest BCUT2D eigenvalue weighted by Gasteiger charge is -2.12. The second kappa shape index (κ2) is 6.13. The van der Waals surface area contributed by atoms with Crippen molar-refractivity contribution in [3.05, 3.63) is 53.8 Å². The van der Waals surface area contributed by atoms with E-state index in [-0.39, 0.29) is 16.3 Å². The Kier molecular flexibility index (Phi) is 4.47. The van der Waals surface area contributed by atoms with Gasteiger partial charge < -0.3 is 4.74 Å². The van der Waals surface area contributed by atoms with Gasteiger partial charge in [0, 0.05) is 6.07 Å². The molecule has 0 aromatic heterocycles. The first kappa shape index (κ1) is 15.3. The quantitative estimate of drug-likeness (QED) is 0.923. The second-order valence-electron chi connectivity index (χ2n) is 4.45. The molecule has 1 N–H and O–H groups in total. The Morgan fingerprint density at radius 1 is 1.14 bits per heavy atom. The molecule has 0 amide bonds. The summed E-state index contributed by atoms with van der Waals surface area (Å²) in [6.45, 7) is 1.99. The summed E-state index contributed by atoms with van der Waals surface area (Å²) in [4.78, 5) is 0.117. The van der Waals surface area contributed by atoms with Gasteiger partial charge in [0.25, 0.3) is 10.0 Å². The molecule has 112 valence electrons. The van der Waals surface area contributed by atoms with Gasteiger partial charge in [-0.1, -0.05) is 19.1 Å². The third-order valence-corrected chi connectivity index (χ3v) is 4.43. The monoisotopic (exact) mass is 309 g/mol. The number of halogens is 1. The van der Waals surface area contributed by atoms with Gasteiger partial charge in [-0.05, 0) is 36.2 Å². The number of hydrogen-bond acceptors (Lipinski definition) is 3. The van der Waals surface area contributed by atoms with E-state index < -0.39 is 15.8 Å². The van der Waals surface area contributed by atoms with Crippen LogP contribution in [0, 0.1) is 5.82 Å². The molecule has 2 rings (SSSR count). The highest BCUT2D eigenvalue weighted by Gasteiger charge is 2.16. The standard InChI is InChI=1S/C15H16FNO3S/c1-3-11-4-7-13(8-5-11)21(18,19)17-14-10-12(16)6-9-15(14)20-2/h4-10,17H,3H2,1-2H3. The summed E-state index contributed by atoms with van der Waals surface area (Å²) in [7, 11) is -2.39. The molecule has 0 saturated carbocycles. The van der Waals surface area contributed by atoms with Crippen LogP contribution in [-0.4, -0.2) is 15.5 Å². The molecule has 0 aliphatic carbocycles. The molecule has 2 aromatic carbocycles. The van der Waals surface area contributed by atoms with Crippen LogP contribution >= 0.6 is 0 Å². The lowest BCUT2D eigenvalue weighted by atomic mass is 10.2. The lowest BCUT2D eigenvalue weighted by Crippen LogP contribution is -2.13. The normalized spacial score (nSPS) is 11.2. The topological polar surface area (TPSA) is 55.4 Å². The van der Waals surface area contributed by atoms with Gasteiger partial charge in [-0.15, -0.1) is 0 Å². The minimum absolute atomic E-state index is 0.0667. The van der Waals surface area contributed by atoms with E-state index in [0.717, 1.165) is 18.1 Å². The van der Waals surface area contributed by atoms with E-state index in [1.807, 2.05) is 6.92 Å². The zero-order chi connectivity index (χ0) is 15.5. The predicted molar refractivity (Wildman–Crippen MR) is 79.6 cm³/mol. The summed E-state index contributed by atoms with van der Waals surface area (Å²) in [6, 6.07) is 10.2. The van der Waals surface area contributed by atoms with Crippen LogP contribution in [-0.2, 0) is 16.4 Å². The van der Waals surface area contributed by atoms with Crippen molar-refractivity contribution in [2.24, 2.45) is 0 Å². The summed E-state index contributed by atoms with van der Waals surface area (Å²) >= 11 is 0. The fourth-order valence-electron chi connectivity index (χ4n) is 1.87. The minimum Gasteiger partial charge on any atom is -0.495 e. The molecule has 0 aliphatic heterocycles. The molecule has 2 aromatic rings. The van der Waals surface area contributed by atoms with Crippen LogP contribution in [0.3, 0.4) is 0 Å². The highest BCUT2D eigenvalue weighted by molar-refractivity contribution is 7.92. The number of methoxy groups -OCH3 is 1. The number of anilines is 1. The molecule has 0 spiro atoms. The number of ether oxygens (including phenoxy) is 1. The first-order valence-electron chi connectivity index (χ1n) is 6.41. The van der Waals surface area contributed by atoms with E-state index in [2.05, 4.69) is 4.72 Å². The van der Waals surface area contributed by atoms with Gasteiger partial charge in [-0.3, -0.25) is 4.72 Å². The summed E-state index contributed by atoms with van der Waals surface area (Å²) in [5.74, 6) is -0.292. The molecule has 0 unspecified atom stereocenters.